The predicted octanol–water partition coefficient (Wildman–Crippen LogP) is -3.76. The molecular weight excluding hydrogens is 500 g/mol. The highest BCUT2D eigenvalue weighted by atomic mass is 16.7. The first-order valence-corrected chi connectivity index (χ1v) is 12.5. The van der Waals surface area contributed by atoms with Gasteiger partial charge in [0, 0.05) is 6.42 Å². The third-order valence-corrected chi connectivity index (χ3v) is 6.06. The van der Waals surface area contributed by atoms with E-state index in [2.05, 4.69) is 5.48 Å². The van der Waals surface area contributed by atoms with Crippen LogP contribution in [0.3, 0.4) is 0 Å². The van der Waals surface area contributed by atoms with Crippen molar-refractivity contribution < 1.29 is 64.0 Å². The number of unbranched alkanes of at least 4 members (excludes halogenated alkanes) is 2. The van der Waals surface area contributed by atoms with E-state index in [1.165, 1.54) is 0 Å². The van der Waals surface area contributed by atoms with Crippen molar-refractivity contribution >= 4 is 5.97 Å². The van der Waals surface area contributed by atoms with E-state index in [1.54, 1.807) is 0 Å². The van der Waals surface area contributed by atoms with Gasteiger partial charge in [-0.1, -0.05) is 19.8 Å². The number of hydroxylamine groups is 1. The van der Waals surface area contributed by atoms with Gasteiger partial charge in [-0.2, -0.15) is 0 Å². The van der Waals surface area contributed by atoms with E-state index >= 15 is 0 Å². The van der Waals surface area contributed by atoms with Gasteiger partial charge in [-0.15, -0.1) is 5.48 Å². The second-order valence-corrected chi connectivity index (χ2v) is 8.93. The summed E-state index contributed by atoms with van der Waals surface area (Å²) in [6, 6.07) is -2.57. The Morgan fingerprint density at radius 1 is 0.919 bits per heavy atom. The fourth-order valence-electron chi connectivity index (χ4n) is 3.96. The molecule has 218 valence electrons. The Morgan fingerprint density at radius 2 is 1.57 bits per heavy atom. The van der Waals surface area contributed by atoms with Crippen LogP contribution in [0.15, 0.2) is 0 Å². The van der Waals surface area contributed by atoms with Gasteiger partial charge in [0.05, 0.1) is 45.7 Å². The van der Waals surface area contributed by atoms with E-state index in [4.69, 9.17) is 44.5 Å². The zero-order valence-corrected chi connectivity index (χ0v) is 21.0. The van der Waals surface area contributed by atoms with Gasteiger partial charge in [-0.25, -0.2) is 0 Å². The molecule has 0 bridgehead atoms. The van der Waals surface area contributed by atoms with Gasteiger partial charge in [-0.3, -0.25) is 4.79 Å². The molecule has 2 heterocycles. The first-order chi connectivity index (χ1) is 17.7. The number of rotatable bonds is 16. The quantitative estimate of drug-likeness (QED) is 0.0691. The maximum absolute atomic E-state index is 12.0. The summed E-state index contributed by atoms with van der Waals surface area (Å²) in [7, 11) is 0. The molecule has 0 radical (unpaired) electrons. The normalized spacial score (nSPS) is 36.4. The maximum Gasteiger partial charge on any atom is 0.324 e. The van der Waals surface area contributed by atoms with E-state index in [0.717, 1.165) is 12.8 Å². The van der Waals surface area contributed by atoms with Crippen LogP contribution in [0.4, 0.5) is 0 Å². The van der Waals surface area contributed by atoms with Gasteiger partial charge in [0.2, 0.25) is 0 Å². The molecule has 2 fully saturated rings. The summed E-state index contributed by atoms with van der Waals surface area (Å²) in [6.45, 7) is 0.979. The van der Waals surface area contributed by atoms with E-state index in [1.807, 2.05) is 6.92 Å². The molecule has 0 aromatic carbocycles. The molecule has 0 spiro atoms. The van der Waals surface area contributed by atoms with Gasteiger partial charge in [-0.05, 0) is 6.42 Å². The number of carbonyl (C=O) groups excluding carboxylic acids is 1. The smallest absolute Gasteiger partial charge is 0.324 e. The van der Waals surface area contributed by atoms with Gasteiger partial charge < -0.3 is 64.9 Å². The average Bonchev–Trinajstić information content (AvgIpc) is 2.87. The lowest BCUT2D eigenvalue weighted by Gasteiger charge is -2.46. The molecule has 0 saturated carbocycles. The lowest BCUT2D eigenvalue weighted by atomic mass is 9.95. The fraction of sp³-hybridized carbons (Fsp3) is 0.955. The zero-order valence-electron chi connectivity index (χ0n) is 21.0. The highest BCUT2D eigenvalue weighted by Crippen LogP contribution is 2.28. The largest absolute Gasteiger partial charge is 0.394 e. The zero-order chi connectivity index (χ0) is 27.4. The first kappa shape index (κ1) is 32.2. The summed E-state index contributed by atoms with van der Waals surface area (Å²) in [5.74, 6) is -0.584. The van der Waals surface area contributed by atoms with Crippen LogP contribution in [-0.4, -0.2) is 138 Å². The van der Waals surface area contributed by atoms with Crippen molar-refractivity contribution in [3.05, 3.63) is 0 Å². The molecule has 0 amide bonds. The minimum Gasteiger partial charge on any atom is -0.394 e. The highest BCUT2D eigenvalue weighted by Gasteiger charge is 2.50. The molecular formula is C22H42N2O13. The Kier molecular flexibility index (Phi) is 14.6. The monoisotopic (exact) mass is 542 g/mol. The number of aliphatic hydroxyl groups excluding tert-OH is 6. The van der Waals surface area contributed by atoms with Crippen molar-refractivity contribution in [2.75, 3.05) is 39.6 Å². The molecule has 2 saturated heterocycles. The van der Waals surface area contributed by atoms with Crippen LogP contribution < -0.4 is 11.2 Å². The summed E-state index contributed by atoms with van der Waals surface area (Å²) in [6.07, 6.45) is -8.34. The van der Waals surface area contributed by atoms with Crippen molar-refractivity contribution in [1.82, 2.24) is 5.48 Å². The molecule has 0 aromatic heterocycles. The van der Waals surface area contributed by atoms with Gasteiger partial charge in [0.25, 0.3) is 0 Å². The first-order valence-electron chi connectivity index (χ1n) is 12.5. The van der Waals surface area contributed by atoms with Crippen molar-refractivity contribution in [1.29, 1.82) is 0 Å². The van der Waals surface area contributed by atoms with Crippen molar-refractivity contribution in [2.24, 2.45) is 5.73 Å². The number of hydrogen-bond acceptors (Lipinski definition) is 15. The molecule has 37 heavy (non-hydrogen) atoms. The number of carbonyl (C=O) groups is 1. The molecule has 2 aliphatic rings. The summed E-state index contributed by atoms with van der Waals surface area (Å²) in [4.78, 5) is 17.0. The Hall–Kier alpha value is -1.05. The molecule has 15 heteroatoms. The van der Waals surface area contributed by atoms with Gasteiger partial charge >= 0.3 is 5.97 Å². The van der Waals surface area contributed by atoms with Crippen LogP contribution >= 0.6 is 0 Å². The molecule has 0 aliphatic carbocycles. The minimum atomic E-state index is -1.63. The number of nitrogens with one attached hydrogen (secondary N) is 1. The molecule has 2 aliphatic heterocycles. The van der Waals surface area contributed by atoms with Crippen molar-refractivity contribution in [3.63, 3.8) is 0 Å². The third kappa shape index (κ3) is 9.58. The van der Waals surface area contributed by atoms with E-state index in [9.17, 15) is 25.2 Å². The highest BCUT2D eigenvalue weighted by molar-refractivity contribution is 5.68. The van der Waals surface area contributed by atoms with E-state index < -0.39 is 67.3 Å². The topological polar surface area (TPSA) is 232 Å². The molecule has 0 aromatic rings. The Labute approximate surface area is 215 Å². The van der Waals surface area contributed by atoms with Crippen LogP contribution in [0, 0.1) is 0 Å². The van der Waals surface area contributed by atoms with Crippen LogP contribution in [0.1, 0.15) is 32.6 Å². The minimum absolute atomic E-state index is 0.0257. The van der Waals surface area contributed by atoms with Crippen molar-refractivity contribution in [3.8, 4) is 0 Å². The summed E-state index contributed by atoms with van der Waals surface area (Å²) < 4.78 is 27.6. The second-order valence-electron chi connectivity index (χ2n) is 8.93. The number of aliphatic hydroxyl groups is 6. The van der Waals surface area contributed by atoms with Crippen LogP contribution in [0.2, 0.25) is 0 Å². The summed E-state index contributed by atoms with van der Waals surface area (Å²) in [5, 5.41) is 60.1. The van der Waals surface area contributed by atoms with Gasteiger partial charge in [0.15, 0.2) is 12.6 Å². The second kappa shape index (κ2) is 16.8. The lowest BCUT2D eigenvalue weighted by molar-refractivity contribution is -0.332. The van der Waals surface area contributed by atoms with Gasteiger partial charge in [0.1, 0.15) is 42.7 Å². The fourth-order valence-corrected chi connectivity index (χ4v) is 3.96. The Bertz CT molecular complexity index is 648. The number of hydrogen-bond donors (Lipinski definition) is 8. The molecule has 15 nitrogen and oxygen atoms in total. The van der Waals surface area contributed by atoms with Crippen molar-refractivity contribution in [2.45, 2.75) is 93.9 Å². The third-order valence-electron chi connectivity index (χ3n) is 6.06. The Morgan fingerprint density at radius 3 is 2.19 bits per heavy atom. The lowest BCUT2D eigenvalue weighted by Crippen LogP contribution is -2.68. The van der Waals surface area contributed by atoms with E-state index in [0.29, 0.717) is 6.42 Å². The molecule has 9 N–H and O–H groups in total. The standard InChI is InChI=1S/C22H42N2O13/c1-2-3-4-5-14(27)37-24-16-19(30)20(13(34-21(16)31)11-33-9-7-26)36-22-15(23)18(29)17(28)12(35-22)10-32-8-6-25/h12-13,15-22,24-26,28-31H,2-11,23H2,1H3/t12-,13-,15-,16-,17-,18-,19-,20-,21-,22+/m1/s1. The molecule has 10 atom stereocenters. The van der Waals surface area contributed by atoms with Crippen LogP contribution in [0.25, 0.3) is 0 Å². The van der Waals surface area contributed by atoms with E-state index in [-0.39, 0.29) is 46.1 Å². The average molecular weight is 543 g/mol. The van der Waals surface area contributed by atoms with Crippen LogP contribution in [0.5, 0.6) is 0 Å². The Balaban J connectivity index is 2.12. The summed E-state index contributed by atoms with van der Waals surface area (Å²) >= 11 is 0. The number of ether oxygens (including phenoxy) is 5. The maximum atomic E-state index is 12.0. The van der Waals surface area contributed by atoms with Crippen LogP contribution in [-0.2, 0) is 33.3 Å². The SMILES string of the molecule is CCCCCC(=O)ON[C@@H]1[C@@H](O)[C@H](O[C@@H]2O[C@H](COCCO)[C@@H](O)[C@H](O)[C@H]2N)[C@@H](COCCO)O[C@H]1O. The predicted molar refractivity (Wildman–Crippen MR) is 123 cm³/mol. The number of nitrogens with two attached hydrogens (primary N) is 1. The summed E-state index contributed by atoms with van der Waals surface area (Å²) in [5.41, 5.74) is 8.35. The molecule has 2 rings (SSSR count). The molecule has 0 unspecified atom stereocenters.